The molecule has 0 bridgehead atoms. The van der Waals surface area contributed by atoms with Crippen LogP contribution in [-0.4, -0.2) is 7.11 Å². The molecule has 4 nitrogen and oxygen atoms in total. The molecule has 0 saturated carbocycles. The SMILES string of the molecule is COc1ccc(OP(=O)(Cl)Oc2ccc(Cl)cc2)cc1. The molecule has 106 valence electrons. The summed E-state index contributed by atoms with van der Waals surface area (Å²) in [7, 11) is 1.55. The van der Waals surface area contributed by atoms with E-state index >= 15 is 0 Å². The van der Waals surface area contributed by atoms with Gasteiger partial charge < -0.3 is 13.8 Å². The van der Waals surface area contributed by atoms with Crippen molar-refractivity contribution in [2.24, 2.45) is 0 Å². The van der Waals surface area contributed by atoms with E-state index in [1.807, 2.05) is 0 Å². The van der Waals surface area contributed by atoms with E-state index in [0.717, 1.165) is 0 Å². The Hall–Kier alpha value is -1.35. The second kappa shape index (κ2) is 6.40. The predicted octanol–water partition coefficient (Wildman–Crippen LogP) is 5.15. The van der Waals surface area contributed by atoms with E-state index in [2.05, 4.69) is 0 Å². The Labute approximate surface area is 126 Å². The molecule has 0 amide bonds. The van der Waals surface area contributed by atoms with Gasteiger partial charge in [-0.2, -0.15) is 0 Å². The first-order valence-electron chi connectivity index (χ1n) is 5.57. The Balaban J connectivity index is 2.06. The summed E-state index contributed by atoms with van der Waals surface area (Å²) in [6.07, 6.45) is 0. The smallest absolute Gasteiger partial charge is 0.497 e. The van der Waals surface area contributed by atoms with Crippen LogP contribution in [0.5, 0.6) is 17.2 Å². The van der Waals surface area contributed by atoms with E-state index < -0.39 is 6.95 Å². The average Bonchev–Trinajstić information content (AvgIpc) is 2.41. The number of hydrogen-bond donors (Lipinski definition) is 0. The van der Waals surface area contributed by atoms with Gasteiger partial charge in [-0.25, -0.2) is 4.57 Å². The number of rotatable bonds is 5. The van der Waals surface area contributed by atoms with Crippen LogP contribution >= 0.6 is 29.8 Å². The normalized spacial score (nSPS) is 13.3. The second-order valence-electron chi connectivity index (χ2n) is 3.74. The maximum Gasteiger partial charge on any atom is 0.530 e. The van der Waals surface area contributed by atoms with Crippen LogP contribution in [0.2, 0.25) is 5.02 Å². The lowest BCUT2D eigenvalue weighted by atomic mass is 10.3. The topological polar surface area (TPSA) is 44.8 Å². The quantitative estimate of drug-likeness (QED) is 0.710. The molecule has 0 aromatic heterocycles. The fourth-order valence-corrected chi connectivity index (χ4v) is 2.79. The van der Waals surface area contributed by atoms with Crippen LogP contribution in [0.15, 0.2) is 48.5 Å². The summed E-state index contributed by atoms with van der Waals surface area (Å²) in [6, 6.07) is 12.8. The lowest BCUT2D eigenvalue weighted by Gasteiger charge is -2.13. The molecular weight excluding hydrogens is 322 g/mol. The Bertz CT molecular complexity index is 613. The molecule has 2 aromatic rings. The van der Waals surface area contributed by atoms with E-state index in [1.54, 1.807) is 55.6 Å². The molecule has 2 aromatic carbocycles. The van der Waals surface area contributed by atoms with Gasteiger partial charge in [-0.3, -0.25) is 0 Å². The van der Waals surface area contributed by atoms with Gasteiger partial charge in [0.1, 0.15) is 17.2 Å². The molecular formula is C13H11Cl2O4P. The van der Waals surface area contributed by atoms with Crippen molar-refractivity contribution in [3.05, 3.63) is 53.6 Å². The predicted molar refractivity (Wildman–Crippen MR) is 79.2 cm³/mol. The molecule has 0 aliphatic heterocycles. The van der Waals surface area contributed by atoms with Gasteiger partial charge in [0.15, 0.2) is 0 Å². The summed E-state index contributed by atoms with van der Waals surface area (Å²) in [5, 5.41) is 0.540. The highest BCUT2D eigenvalue weighted by atomic mass is 35.7. The molecule has 0 aliphatic carbocycles. The maximum atomic E-state index is 12.0. The minimum atomic E-state index is -3.79. The summed E-state index contributed by atoms with van der Waals surface area (Å²) in [6.45, 7) is -3.79. The molecule has 0 radical (unpaired) electrons. The summed E-state index contributed by atoms with van der Waals surface area (Å²) in [5.41, 5.74) is 0. The standard InChI is InChI=1S/C13H11Cl2O4P/c1-17-11-6-8-13(9-7-11)19-20(15,16)18-12-4-2-10(14)3-5-12/h2-9H,1H3. The lowest BCUT2D eigenvalue weighted by molar-refractivity contribution is 0.402. The van der Waals surface area contributed by atoms with Crippen molar-refractivity contribution in [1.82, 2.24) is 0 Å². The Morgan fingerprint density at radius 1 is 0.850 bits per heavy atom. The van der Waals surface area contributed by atoms with Crippen molar-refractivity contribution >= 4 is 29.8 Å². The fourth-order valence-electron chi connectivity index (χ4n) is 1.40. The zero-order chi connectivity index (χ0) is 14.6. The first-order chi connectivity index (χ1) is 9.48. The van der Waals surface area contributed by atoms with Crippen LogP contribution in [0.25, 0.3) is 0 Å². The van der Waals surface area contributed by atoms with Gasteiger partial charge in [0.25, 0.3) is 0 Å². The average molecular weight is 333 g/mol. The highest BCUT2D eigenvalue weighted by molar-refractivity contribution is 7.82. The molecule has 7 heteroatoms. The molecule has 0 N–H and O–H groups in total. The molecule has 1 atom stereocenters. The minimum absolute atomic E-state index is 0.307. The van der Waals surface area contributed by atoms with E-state index in [4.69, 9.17) is 36.6 Å². The maximum absolute atomic E-state index is 12.0. The summed E-state index contributed by atoms with van der Waals surface area (Å²) in [4.78, 5) is 0. The molecule has 0 spiro atoms. The highest BCUT2D eigenvalue weighted by Crippen LogP contribution is 2.53. The third-order valence-corrected chi connectivity index (χ3v) is 3.83. The second-order valence-corrected chi connectivity index (χ2v) is 6.65. The van der Waals surface area contributed by atoms with Crippen LogP contribution in [0.1, 0.15) is 0 Å². The molecule has 1 unspecified atom stereocenters. The Morgan fingerprint density at radius 2 is 1.25 bits per heavy atom. The Kier molecular flexibility index (Phi) is 4.81. The monoisotopic (exact) mass is 332 g/mol. The van der Waals surface area contributed by atoms with E-state index in [1.165, 1.54) is 0 Å². The number of methoxy groups -OCH3 is 1. The van der Waals surface area contributed by atoms with Gasteiger partial charge >= 0.3 is 6.95 Å². The largest absolute Gasteiger partial charge is 0.530 e. The van der Waals surface area contributed by atoms with Crippen LogP contribution in [0.4, 0.5) is 0 Å². The van der Waals surface area contributed by atoms with Crippen LogP contribution < -0.4 is 13.8 Å². The first kappa shape index (κ1) is 15.0. The number of hydrogen-bond acceptors (Lipinski definition) is 4. The zero-order valence-corrected chi connectivity index (χ0v) is 12.9. The van der Waals surface area contributed by atoms with Crippen LogP contribution in [0, 0.1) is 0 Å². The lowest BCUT2D eigenvalue weighted by Crippen LogP contribution is -1.95. The van der Waals surface area contributed by atoms with Crippen LogP contribution in [0.3, 0.4) is 0 Å². The van der Waals surface area contributed by atoms with E-state index in [-0.39, 0.29) is 0 Å². The Morgan fingerprint density at radius 3 is 1.70 bits per heavy atom. The van der Waals surface area contributed by atoms with Gasteiger partial charge in [-0.1, -0.05) is 11.6 Å². The van der Waals surface area contributed by atoms with E-state index in [9.17, 15) is 4.57 Å². The van der Waals surface area contributed by atoms with Crippen molar-refractivity contribution in [3.8, 4) is 17.2 Å². The third kappa shape index (κ3) is 4.34. The van der Waals surface area contributed by atoms with Gasteiger partial charge in [-0.15, -0.1) is 0 Å². The summed E-state index contributed by atoms with van der Waals surface area (Å²) >= 11 is 11.5. The van der Waals surface area contributed by atoms with Gasteiger partial charge in [0.2, 0.25) is 0 Å². The number of benzene rings is 2. The number of ether oxygens (including phenoxy) is 1. The van der Waals surface area contributed by atoms with Crippen molar-refractivity contribution in [2.75, 3.05) is 7.11 Å². The zero-order valence-electron chi connectivity index (χ0n) is 10.5. The van der Waals surface area contributed by atoms with Crippen LogP contribution in [-0.2, 0) is 4.57 Å². The molecule has 0 fully saturated rings. The van der Waals surface area contributed by atoms with Gasteiger partial charge in [0.05, 0.1) is 7.11 Å². The van der Waals surface area contributed by atoms with Crippen molar-refractivity contribution < 1.29 is 18.3 Å². The molecule has 0 saturated heterocycles. The first-order valence-corrected chi connectivity index (χ1v) is 8.39. The summed E-state index contributed by atoms with van der Waals surface area (Å²) < 4.78 is 27.3. The third-order valence-electron chi connectivity index (χ3n) is 2.30. The fraction of sp³-hybridized carbons (Fsp3) is 0.0769. The molecule has 0 heterocycles. The van der Waals surface area contributed by atoms with Gasteiger partial charge in [0, 0.05) is 16.3 Å². The highest BCUT2D eigenvalue weighted by Gasteiger charge is 2.24. The van der Waals surface area contributed by atoms with E-state index in [0.29, 0.717) is 22.3 Å². The van der Waals surface area contributed by atoms with Crippen molar-refractivity contribution in [2.45, 2.75) is 0 Å². The molecule has 20 heavy (non-hydrogen) atoms. The van der Waals surface area contributed by atoms with Gasteiger partial charge in [-0.05, 0) is 48.5 Å². The van der Waals surface area contributed by atoms with Crippen molar-refractivity contribution in [1.29, 1.82) is 0 Å². The van der Waals surface area contributed by atoms with Crippen molar-refractivity contribution in [3.63, 3.8) is 0 Å². The summed E-state index contributed by atoms with van der Waals surface area (Å²) in [5.74, 6) is 1.28. The molecule has 0 aliphatic rings. The number of halogens is 2. The minimum Gasteiger partial charge on any atom is -0.497 e. The molecule has 2 rings (SSSR count).